The Morgan fingerprint density at radius 3 is 2.29 bits per heavy atom. The summed E-state index contributed by atoms with van der Waals surface area (Å²) in [4.78, 5) is 9.34. The molecule has 1 aliphatic carbocycles. The van der Waals surface area contributed by atoms with Crippen molar-refractivity contribution < 1.29 is 4.52 Å². The second kappa shape index (κ2) is 7.34. The van der Waals surface area contributed by atoms with Gasteiger partial charge in [-0.15, -0.1) is 10.2 Å². The van der Waals surface area contributed by atoms with Gasteiger partial charge < -0.3 is 14.3 Å². The molecule has 3 heterocycles. The van der Waals surface area contributed by atoms with E-state index in [2.05, 4.69) is 73.5 Å². The highest BCUT2D eigenvalue weighted by molar-refractivity contribution is 5.99. The summed E-state index contributed by atoms with van der Waals surface area (Å²) in [6.45, 7) is 5.83. The van der Waals surface area contributed by atoms with E-state index in [1.807, 2.05) is 12.1 Å². The number of hydrogen-bond donors (Lipinski definition) is 0. The second-order valence-electron chi connectivity index (χ2n) is 8.46. The fourth-order valence-corrected chi connectivity index (χ4v) is 4.25. The summed E-state index contributed by atoms with van der Waals surface area (Å²) in [5, 5.41) is 15.4. The van der Waals surface area contributed by atoms with Gasteiger partial charge in [0.1, 0.15) is 0 Å². The Hall–Kier alpha value is -3.48. The number of fused-ring (bicyclic) bond motifs is 1. The Kier molecular flexibility index (Phi) is 4.33. The minimum absolute atomic E-state index is 0.445. The molecule has 4 aromatic rings. The number of nitrogens with zero attached hydrogens (tertiary/aromatic N) is 6. The molecular weight excluding hydrogens is 388 g/mol. The predicted molar refractivity (Wildman–Crippen MR) is 120 cm³/mol. The number of benzene rings is 2. The van der Waals surface area contributed by atoms with Gasteiger partial charge >= 0.3 is 0 Å². The number of rotatable bonds is 4. The Morgan fingerprint density at radius 1 is 0.839 bits per heavy atom. The molecule has 31 heavy (non-hydrogen) atoms. The highest BCUT2D eigenvalue weighted by Gasteiger charge is 2.30. The van der Waals surface area contributed by atoms with Crippen LogP contribution < -0.4 is 9.80 Å². The van der Waals surface area contributed by atoms with Crippen LogP contribution in [0.3, 0.4) is 0 Å². The SMILES string of the molecule is Cc1ccc(N2CCN(c3nnc(-c4nc(C5CC5)no4)c4ccccc34)CC2)cc1. The van der Waals surface area contributed by atoms with Crippen LogP contribution in [-0.2, 0) is 0 Å². The van der Waals surface area contributed by atoms with Crippen molar-refractivity contribution in [1.29, 1.82) is 0 Å². The molecular formula is C24H24N6O. The zero-order valence-electron chi connectivity index (χ0n) is 17.5. The number of hydrogen-bond acceptors (Lipinski definition) is 7. The first kappa shape index (κ1) is 18.3. The first-order valence-corrected chi connectivity index (χ1v) is 10.9. The van der Waals surface area contributed by atoms with Gasteiger partial charge in [-0.3, -0.25) is 0 Å². The van der Waals surface area contributed by atoms with Crippen LogP contribution in [0, 0.1) is 6.92 Å². The molecule has 0 bridgehead atoms. The monoisotopic (exact) mass is 412 g/mol. The molecule has 1 aliphatic heterocycles. The van der Waals surface area contributed by atoms with Crippen LogP contribution in [0.1, 0.15) is 30.1 Å². The van der Waals surface area contributed by atoms with Gasteiger partial charge in [0.15, 0.2) is 17.3 Å². The molecule has 0 spiro atoms. The highest BCUT2D eigenvalue weighted by Crippen LogP contribution is 2.39. The minimum atomic E-state index is 0.445. The van der Waals surface area contributed by atoms with Gasteiger partial charge in [-0.2, -0.15) is 4.98 Å². The van der Waals surface area contributed by atoms with Crippen LogP contribution in [0.25, 0.3) is 22.4 Å². The zero-order chi connectivity index (χ0) is 20.8. The third-order valence-corrected chi connectivity index (χ3v) is 6.23. The smallest absolute Gasteiger partial charge is 0.279 e. The van der Waals surface area contributed by atoms with E-state index in [1.54, 1.807) is 0 Å². The van der Waals surface area contributed by atoms with Gasteiger partial charge in [-0.05, 0) is 31.9 Å². The number of aryl methyl sites for hydroxylation is 1. The Morgan fingerprint density at radius 2 is 1.55 bits per heavy atom. The third kappa shape index (κ3) is 3.40. The molecule has 156 valence electrons. The topological polar surface area (TPSA) is 71.2 Å². The second-order valence-corrected chi connectivity index (χ2v) is 8.46. The molecule has 7 heteroatoms. The molecule has 0 radical (unpaired) electrons. The standard InChI is InChI=1S/C24H24N6O/c1-16-6-10-18(11-7-16)29-12-14-30(15-13-29)23-20-5-3-2-4-19(20)21(26-27-23)24-25-22(28-31-24)17-8-9-17/h2-7,10-11,17H,8-9,12-15H2,1H3. The molecule has 0 N–H and O–H groups in total. The van der Waals surface area contributed by atoms with Crippen LogP contribution in [0.2, 0.25) is 0 Å². The molecule has 2 aromatic carbocycles. The molecule has 0 amide bonds. The van der Waals surface area contributed by atoms with Crippen LogP contribution in [0.4, 0.5) is 11.5 Å². The zero-order valence-corrected chi connectivity index (χ0v) is 17.5. The van der Waals surface area contributed by atoms with Crippen LogP contribution in [0.15, 0.2) is 53.1 Å². The Labute approximate surface area is 180 Å². The van der Waals surface area contributed by atoms with Gasteiger partial charge in [-0.1, -0.05) is 47.1 Å². The van der Waals surface area contributed by atoms with Crippen molar-refractivity contribution in [3.8, 4) is 11.6 Å². The van der Waals surface area contributed by atoms with Crippen LogP contribution in [0.5, 0.6) is 0 Å². The average molecular weight is 412 g/mol. The first-order chi connectivity index (χ1) is 15.3. The number of aromatic nitrogens is 4. The van der Waals surface area contributed by atoms with Gasteiger partial charge in [0, 0.05) is 48.6 Å². The van der Waals surface area contributed by atoms with E-state index < -0.39 is 0 Å². The van der Waals surface area contributed by atoms with Gasteiger partial charge in [0.2, 0.25) is 0 Å². The number of piperazine rings is 1. The van der Waals surface area contributed by atoms with Crippen molar-refractivity contribution in [2.75, 3.05) is 36.0 Å². The molecule has 1 saturated carbocycles. The summed E-state index contributed by atoms with van der Waals surface area (Å²) in [6.07, 6.45) is 2.28. The van der Waals surface area contributed by atoms with E-state index in [1.165, 1.54) is 11.3 Å². The summed E-state index contributed by atoms with van der Waals surface area (Å²) < 4.78 is 5.53. The van der Waals surface area contributed by atoms with E-state index in [0.29, 0.717) is 17.5 Å². The molecule has 0 unspecified atom stereocenters. The lowest BCUT2D eigenvalue weighted by Crippen LogP contribution is -2.47. The van der Waals surface area contributed by atoms with Crippen molar-refractivity contribution in [2.24, 2.45) is 0 Å². The summed E-state index contributed by atoms with van der Waals surface area (Å²) in [6, 6.07) is 17.0. The predicted octanol–water partition coefficient (Wildman–Crippen LogP) is 4.19. The largest absolute Gasteiger partial charge is 0.368 e. The molecule has 7 nitrogen and oxygen atoms in total. The maximum atomic E-state index is 5.53. The highest BCUT2D eigenvalue weighted by atomic mass is 16.5. The van der Waals surface area contributed by atoms with E-state index in [0.717, 1.165) is 61.4 Å². The Balaban J connectivity index is 1.28. The fourth-order valence-electron chi connectivity index (χ4n) is 4.25. The minimum Gasteiger partial charge on any atom is -0.368 e. The summed E-state index contributed by atoms with van der Waals surface area (Å²) in [7, 11) is 0. The quantitative estimate of drug-likeness (QED) is 0.498. The van der Waals surface area contributed by atoms with Crippen LogP contribution >= 0.6 is 0 Å². The fraction of sp³-hybridized carbons (Fsp3) is 0.333. The average Bonchev–Trinajstić information content (AvgIpc) is 3.56. The maximum absolute atomic E-state index is 5.53. The molecule has 2 aromatic heterocycles. The van der Waals surface area contributed by atoms with Crippen molar-refractivity contribution in [2.45, 2.75) is 25.7 Å². The molecule has 2 fully saturated rings. The lowest BCUT2D eigenvalue weighted by molar-refractivity contribution is 0.421. The summed E-state index contributed by atoms with van der Waals surface area (Å²) >= 11 is 0. The van der Waals surface area contributed by atoms with E-state index in [9.17, 15) is 0 Å². The van der Waals surface area contributed by atoms with E-state index in [-0.39, 0.29) is 0 Å². The lowest BCUT2D eigenvalue weighted by atomic mass is 10.1. The normalized spacial score (nSPS) is 16.8. The third-order valence-electron chi connectivity index (χ3n) is 6.23. The molecule has 6 rings (SSSR count). The first-order valence-electron chi connectivity index (χ1n) is 10.9. The van der Waals surface area contributed by atoms with Gasteiger partial charge in [0.25, 0.3) is 5.89 Å². The number of anilines is 2. The Bertz CT molecular complexity index is 1220. The molecule has 0 atom stereocenters. The van der Waals surface area contributed by atoms with Crippen molar-refractivity contribution in [3.05, 3.63) is 59.9 Å². The van der Waals surface area contributed by atoms with Crippen LogP contribution in [-0.4, -0.2) is 46.5 Å². The van der Waals surface area contributed by atoms with Gasteiger partial charge in [0.05, 0.1) is 0 Å². The van der Waals surface area contributed by atoms with Crippen molar-refractivity contribution >= 4 is 22.3 Å². The summed E-state index contributed by atoms with van der Waals surface area (Å²) in [5.74, 6) is 2.61. The maximum Gasteiger partial charge on any atom is 0.279 e. The van der Waals surface area contributed by atoms with Crippen molar-refractivity contribution in [3.63, 3.8) is 0 Å². The molecule has 1 saturated heterocycles. The van der Waals surface area contributed by atoms with E-state index >= 15 is 0 Å². The van der Waals surface area contributed by atoms with E-state index in [4.69, 9.17) is 4.52 Å². The van der Waals surface area contributed by atoms with Gasteiger partial charge in [-0.25, -0.2) is 0 Å². The summed E-state index contributed by atoms with van der Waals surface area (Å²) in [5.41, 5.74) is 3.23. The molecule has 2 aliphatic rings. The lowest BCUT2D eigenvalue weighted by Gasteiger charge is -2.37. The van der Waals surface area contributed by atoms with Crippen molar-refractivity contribution in [1.82, 2.24) is 20.3 Å².